The molecule has 0 bridgehead atoms. The lowest BCUT2D eigenvalue weighted by Gasteiger charge is -2.46. The van der Waals surface area contributed by atoms with Crippen molar-refractivity contribution >= 4 is 16.7 Å². The second kappa shape index (κ2) is 6.62. The van der Waals surface area contributed by atoms with Crippen LogP contribution in [0, 0.1) is 0 Å². The monoisotopic (exact) mass is 406 g/mol. The lowest BCUT2D eigenvalue weighted by molar-refractivity contribution is -0.140. The van der Waals surface area contributed by atoms with Gasteiger partial charge in [0, 0.05) is 30.2 Å². The molecule has 29 heavy (non-hydrogen) atoms. The lowest BCUT2D eigenvalue weighted by Crippen LogP contribution is -2.59. The number of benzene rings is 1. The van der Waals surface area contributed by atoms with E-state index in [2.05, 4.69) is 15.3 Å². The van der Waals surface area contributed by atoms with Gasteiger partial charge in [0.25, 0.3) is 0 Å². The number of aromatic amines is 1. The van der Waals surface area contributed by atoms with Gasteiger partial charge in [-0.2, -0.15) is 13.2 Å². The van der Waals surface area contributed by atoms with E-state index < -0.39 is 18.0 Å². The molecule has 152 valence electrons. The predicted molar refractivity (Wildman–Crippen MR) is 99.7 cm³/mol. The van der Waals surface area contributed by atoms with Gasteiger partial charge in [-0.3, -0.25) is 4.90 Å². The Morgan fingerprint density at radius 2 is 1.97 bits per heavy atom. The fourth-order valence-corrected chi connectivity index (χ4v) is 4.03. The molecule has 1 saturated heterocycles. The minimum absolute atomic E-state index is 0.157. The largest absolute Gasteiger partial charge is 0.491 e. The van der Waals surface area contributed by atoms with Crippen LogP contribution in [0.4, 0.5) is 23.4 Å². The second-order valence-corrected chi connectivity index (χ2v) is 7.39. The summed E-state index contributed by atoms with van der Waals surface area (Å²) in [5.41, 5.74) is 0.395. The lowest BCUT2D eigenvalue weighted by atomic mass is 9.92. The van der Waals surface area contributed by atoms with E-state index >= 15 is 0 Å². The van der Waals surface area contributed by atoms with E-state index in [1.54, 1.807) is 0 Å². The van der Waals surface area contributed by atoms with Gasteiger partial charge in [-0.1, -0.05) is 18.2 Å². The first-order chi connectivity index (χ1) is 13.9. The zero-order chi connectivity index (χ0) is 20.2. The van der Waals surface area contributed by atoms with Crippen molar-refractivity contribution in [1.29, 1.82) is 0 Å². The van der Waals surface area contributed by atoms with Crippen LogP contribution >= 0.6 is 0 Å². The Morgan fingerprint density at radius 3 is 2.72 bits per heavy atom. The van der Waals surface area contributed by atoms with Crippen LogP contribution in [0.25, 0.3) is 10.9 Å². The number of H-pyrrole nitrogens is 1. The van der Waals surface area contributed by atoms with Gasteiger partial charge in [-0.15, -0.1) is 0 Å². The molecule has 2 aliphatic heterocycles. The number of alkyl halides is 4. The number of hydrogen-bond acceptors (Lipinski definition) is 4. The third-order valence-electron chi connectivity index (χ3n) is 5.53. The topological polar surface area (TPSA) is 53.2 Å². The van der Waals surface area contributed by atoms with Crippen LogP contribution in [0.1, 0.15) is 17.3 Å². The number of halogens is 4. The average molecular weight is 406 g/mol. The van der Waals surface area contributed by atoms with Gasteiger partial charge < -0.3 is 15.0 Å². The standard InChI is InChI=1S/C20H18F4N4O/c21-11-8-28(9-11)15-10-29-16-4-2-1-3-12(16)18(15)27-19-13-7-17(20(22,23)24)26-14(13)5-6-25-19/h1-7,11,15,18,26H,8-10H2,(H,25,27). The Labute approximate surface area is 163 Å². The molecule has 0 radical (unpaired) electrons. The van der Waals surface area contributed by atoms with Crippen LogP contribution < -0.4 is 10.1 Å². The molecule has 4 heterocycles. The predicted octanol–water partition coefficient (Wildman–Crippen LogP) is 4.15. The number of aromatic nitrogens is 2. The Morgan fingerprint density at radius 1 is 1.17 bits per heavy atom. The molecule has 2 unspecified atom stereocenters. The summed E-state index contributed by atoms with van der Waals surface area (Å²) in [6.07, 6.45) is -3.88. The molecular formula is C20H18F4N4O. The van der Waals surface area contributed by atoms with Crippen molar-refractivity contribution in [1.82, 2.24) is 14.9 Å². The summed E-state index contributed by atoms with van der Waals surface area (Å²) in [5.74, 6) is 1.05. The molecule has 0 aliphatic carbocycles. The van der Waals surface area contributed by atoms with Gasteiger partial charge >= 0.3 is 6.18 Å². The van der Waals surface area contributed by atoms with Gasteiger partial charge in [-0.05, 0) is 18.2 Å². The van der Waals surface area contributed by atoms with Crippen LogP contribution in [0.15, 0.2) is 42.6 Å². The maximum absolute atomic E-state index is 13.5. The summed E-state index contributed by atoms with van der Waals surface area (Å²) >= 11 is 0. The van der Waals surface area contributed by atoms with Crippen LogP contribution in [0.3, 0.4) is 0 Å². The van der Waals surface area contributed by atoms with Crippen molar-refractivity contribution < 1.29 is 22.3 Å². The first-order valence-electron chi connectivity index (χ1n) is 9.31. The normalized spacial score (nSPS) is 22.8. The Balaban J connectivity index is 1.54. The summed E-state index contributed by atoms with van der Waals surface area (Å²) in [6.45, 7) is 0.987. The van der Waals surface area contributed by atoms with Gasteiger partial charge in [0.05, 0.1) is 17.6 Å². The number of anilines is 1. The van der Waals surface area contributed by atoms with Crippen molar-refractivity contribution in [2.24, 2.45) is 0 Å². The molecule has 2 atom stereocenters. The zero-order valence-corrected chi connectivity index (χ0v) is 15.2. The van der Waals surface area contributed by atoms with Gasteiger partial charge in [0.2, 0.25) is 0 Å². The number of hydrogen-bond donors (Lipinski definition) is 2. The summed E-state index contributed by atoms with van der Waals surface area (Å²) in [7, 11) is 0. The summed E-state index contributed by atoms with van der Waals surface area (Å²) in [4.78, 5) is 8.68. The highest BCUT2D eigenvalue weighted by Crippen LogP contribution is 2.39. The molecule has 5 nitrogen and oxygen atoms in total. The Kier molecular flexibility index (Phi) is 4.16. The van der Waals surface area contributed by atoms with E-state index in [0.717, 1.165) is 11.6 Å². The summed E-state index contributed by atoms with van der Waals surface area (Å²) < 4.78 is 58.7. The maximum Gasteiger partial charge on any atom is 0.431 e. The van der Waals surface area contributed by atoms with E-state index in [-0.39, 0.29) is 12.1 Å². The summed E-state index contributed by atoms with van der Waals surface area (Å²) in [5, 5.41) is 3.67. The van der Waals surface area contributed by atoms with E-state index in [9.17, 15) is 17.6 Å². The number of likely N-dealkylation sites (tertiary alicyclic amines) is 1. The number of pyridine rings is 1. The first kappa shape index (κ1) is 18.2. The fourth-order valence-electron chi connectivity index (χ4n) is 4.03. The number of ether oxygens (including phenoxy) is 1. The average Bonchev–Trinajstić information content (AvgIpc) is 3.12. The molecule has 0 amide bonds. The second-order valence-electron chi connectivity index (χ2n) is 7.39. The molecule has 1 fully saturated rings. The number of para-hydroxylation sites is 1. The highest BCUT2D eigenvalue weighted by molar-refractivity contribution is 5.90. The number of nitrogens with one attached hydrogen (secondary N) is 2. The SMILES string of the molecule is FC1CN(C2COc3ccccc3C2Nc2nccc3[nH]c(C(F)(F)F)cc23)C1. The molecule has 2 aliphatic rings. The molecule has 2 aromatic heterocycles. The fraction of sp³-hybridized carbons (Fsp3) is 0.350. The van der Waals surface area contributed by atoms with Crippen LogP contribution in [-0.4, -0.2) is 46.8 Å². The van der Waals surface area contributed by atoms with Gasteiger partial charge in [0.1, 0.15) is 30.0 Å². The number of fused-ring (bicyclic) bond motifs is 2. The number of rotatable bonds is 3. The van der Waals surface area contributed by atoms with E-state index in [4.69, 9.17) is 4.74 Å². The van der Waals surface area contributed by atoms with Crippen LogP contribution in [-0.2, 0) is 6.18 Å². The highest BCUT2D eigenvalue weighted by atomic mass is 19.4. The quantitative estimate of drug-likeness (QED) is 0.642. The van der Waals surface area contributed by atoms with Crippen molar-refractivity contribution in [3.63, 3.8) is 0 Å². The summed E-state index contributed by atoms with van der Waals surface area (Å²) in [6, 6.07) is 9.60. The maximum atomic E-state index is 13.5. The Bertz CT molecular complexity index is 1040. The van der Waals surface area contributed by atoms with Gasteiger partial charge in [0.15, 0.2) is 0 Å². The molecule has 1 aromatic carbocycles. The molecular weight excluding hydrogens is 388 g/mol. The molecule has 5 rings (SSSR count). The molecule has 3 aromatic rings. The van der Waals surface area contributed by atoms with Crippen LogP contribution in [0.2, 0.25) is 0 Å². The molecule has 9 heteroatoms. The van der Waals surface area contributed by atoms with E-state index in [1.165, 1.54) is 12.3 Å². The molecule has 0 spiro atoms. The first-order valence-corrected chi connectivity index (χ1v) is 9.31. The van der Waals surface area contributed by atoms with Gasteiger partial charge in [-0.25, -0.2) is 9.37 Å². The van der Waals surface area contributed by atoms with Crippen LogP contribution in [0.5, 0.6) is 5.75 Å². The zero-order valence-electron chi connectivity index (χ0n) is 15.2. The molecule has 0 saturated carbocycles. The minimum Gasteiger partial charge on any atom is -0.491 e. The highest BCUT2D eigenvalue weighted by Gasteiger charge is 2.41. The minimum atomic E-state index is -4.47. The van der Waals surface area contributed by atoms with Crippen molar-refractivity contribution in [3.8, 4) is 5.75 Å². The smallest absolute Gasteiger partial charge is 0.431 e. The third-order valence-corrected chi connectivity index (χ3v) is 5.53. The van der Waals surface area contributed by atoms with Crippen molar-refractivity contribution in [2.75, 3.05) is 25.0 Å². The van der Waals surface area contributed by atoms with E-state index in [1.807, 2.05) is 29.2 Å². The van der Waals surface area contributed by atoms with Crippen molar-refractivity contribution in [3.05, 3.63) is 53.9 Å². The third kappa shape index (κ3) is 3.19. The Hall–Kier alpha value is -2.81. The number of nitrogens with zero attached hydrogens (tertiary/aromatic N) is 2. The van der Waals surface area contributed by atoms with E-state index in [0.29, 0.717) is 42.2 Å². The van der Waals surface area contributed by atoms with Crippen molar-refractivity contribution in [2.45, 2.75) is 24.4 Å². The molecule has 2 N–H and O–H groups in total.